The molecule has 1 aliphatic heterocycles. The van der Waals surface area contributed by atoms with Crippen molar-refractivity contribution in [1.82, 2.24) is 14.9 Å². The molecule has 0 saturated carbocycles. The van der Waals surface area contributed by atoms with Crippen LogP contribution in [0.5, 0.6) is 0 Å². The van der Waals surface area contributed by atoms with E-state index in [4.69, 9.17) is 16.6 Å². The van der Waals surface area contributed by atoms with E-state index in [0.29, 0.717) is 31.8 Å². The van der Waals surface area contributed by atoms with Gasteiger partial charge in [0.25, 0.3) is 0 Å². The van der Waals surface area contributed by atoms with E-state index in [9.17, 15) is 9.18 Å². The molecular weight excluding hydrogens is 391 g/mol. The fraction of sp³-hybridized carbons (Fsp3) is 0.500. The highest BCUT2D eigenvalue weighted by Crippen LogP contribution is 2.26. The van der Waals surface area contributed by atoms with Crippen molar-refractivity contribution < 1.29 is 9.18 Å². The number of aryl methyl sites for hydroxylation is 2. The minimum absolute atomic E-state index is 0.106. The number of aromatic nitrogens is 2. The average Bonchev–Trinajstić information content (AvgIpc) is 2.95. The molecule has 0 aliphatic carbocycles. The van der Waals surface area contributed by atoms with Crippen molar-refractivity contribution in [2.24, 2.45) is 0 Å². The van der Waals surface area contributed by atoms with E-state index in [2.05, 4.69) is 16.8 Å². The minimum Gasteiger partial charge on any atom is -0.354 e. The molecule has 1 saturated heterocycles. The molecule has 0 N–H and O–H groups in total. The zero-order chi connectivity index (χ0) is 20.8. The van der Waals surface area contributed by atoms with E-state index in [0.717, 1.165) is 54.4 Å². The van der Waals surface area contributed by atoms with Crippen LogP contribution in [0.4, 0.5) is 10.2 Å². The molecule has 29 heavy (non-hydrogen) atoms. The van der Waals surface area contributed by atoms with E-state index < -0.39 is 0 Å². The van der Waals surface area contributed by atoms with Gasteiger partial charge in [0.2, 0.25) is 5.91 Å². The predicted molar refractivity (Wildman–Crippen MR) is 114 cm³/mol. The van der Waals surface area contributed by atoms with E-state index in [1.807, 2.05) is 17.9 Å². The van der Waals surface area contributed by atoms with Gasteiger partial charge in [-0.05, 0) is 37.5 Å². The van der Waals surface area contributed by atoms with E-state index in [-0.39, 0.29) is 11.7 Å². The summed E-state index contributed by atoms with van der Waals surface area (Å²) in [6.45, 7) is 6.90. The number of nitrogens with zero attached hydrogens (tertiary/aromatic N) is 4. The topological polar surface area (TPSA) is 49.3 Å². The van der Waals surface area contributed by atoms with Gasteiger partial charge in [0.15, 0.2) is 0 Å². The van der Waals surface area contributed by atoms with Crippen LogP contribution in [0.15, 0.2) is 24.3 Å². The normalized spacial score (nSPS) is 14.8. The second-order valence-electron chi connectivity index (χ2n) is 7.34. The van der Waals surface area contributed by atoms with Gasteiger partial charge in [-0.1, -0.05) is 19.1 Å². The Kier molecular flexibility index (Phi) is 7.42. The summed E-state index contributed by atoms with van der Waals surface area (Å²) in [5.41, 5.74) is 2.95. The number of rotatable bonds is 6. The lowest BCUT2D eigenvalue weighted by atomic mass is 10.0. The van der Waals surface area contributed by atoms with Gasteiger partial charge in [0.1, 0.15) is 17.5 Å². The molecule has 156 valence electrons. The first kappa shape index (κ1) is 21.5. The zero-order valence-corrected chi connectivity index (χ0v) is 17.9. The van der Waals surface area contributed by atoms with Crippen molar-refractivity contribution in [3.63, 3.8) is 0 Å². The van der Waals surface area contributed by atoms with Crippen LogP contribution in [-0.2, 0) is 17.6 Å². The molecule has 7 heteroatoms. The smallest absolute Gasteiger partial charge is 0.223 e. The standard InChI is InChI=1S/C22H28ClFN4O/c1-3-20-19(15-17-6-4-7-18(24)14-17)22(26-16(2)25-20)28-11-5-10-27(12-13-28)21(29)8-9-23/h4,6-7,14H,3,5,8-13,15H2,1-2H3. The first-order chi connectivity index (χ1) is 14.0. The van der Waals surface area contributed by atoms with Gasteiger partial charge in [-0.2, -0.15) is 0 Å². The molecule has 3 rings (SSSR count). The summed E-state index contributed by atoms with van der Waals surface area (Å²) in [5.74, 6) is 1.86. The lowest BCUT2D eigenvalue weighted by Crippen LogP contribution is -2.36. The van der Waals surface area contributed by atoms with Gasteiger partial charge in [-0.3, -0.25) is 4.79 Å². The third-order valence-corrected chi connectivity index (χ3v) is 5.43. The second kappa shape index (κ2) is 10.0. The molecule has 1 aromatic carbocycles. The first-order valence-corrected chi connectivity index (χ1v) is 10.7. The fourth-order valence-corrected chi connectivity index (χ4v) is 4.00. The lowest BCUT2D eigenvalue weighted by Gasteiger charge is -2.26. The van der Waals surface area contributed by atoms with Crippen LogP contribution in [0.25, 0.3) is 0 Å². The van der Waals surface area contributed by atoms with Gasteiger partial charge in [0, 0.05) is 56.2 Å². The maximum atomic E-state index is 13.7. The average molecular weight is 419 g/mol. The molecular formula is C22H28ClFN4O. The number of hydrogen-bond donors (Lipinski definition) is 0. The van der Waals surface area contributed by atoms with Crippen molar-refractivity contribution in [2.75, 3.05) is 37.0 Å². The van der Waals surface area contributed by atoms with Crippen molar-refractivity contribution in [2.45, 2.75) is 39.5 Å². The molecule has 5 nitrogen and oxygen atoms in total. The van der Waals surface area contributed by atoms with Crippen LogP contribution < -0.4 is 4.90 Å². The molecule has 0 atom stereocenters. The molecule has 1 aromatic heterocycles. The zero-order valence-electron chi connectivity index (χ0n) is 17.1. The summed E-state index contributed by atoms with van der Waals surface area (Å²) in [7, 11) is 0. The molecule has 0 unspecified atom stereocenters. The van der Waals surface area contributed by atoms with Gasteiger partial charge in [0.05, 0.1) is 0 Å². The Balaban J connectivity index is 1.89. The lowest BCUT2D eigenvalue weighted by molar-refractivity contribution is -0.130. The van der Waals surface area contributed by atoms with Crippen LogP contribution >= 0.6 is 11.6 Å². The number of hydrogen-bond acceptors (Lipinski definition) is 4. The Labute approximate surface area is 176 Å². The summed E-state index contributed by atoms with van der Waals surface area (Å²) in [5, 5.41) is 0. The van der Waals surface area contributed by atoms with Gasteiger partial charge >= 0.3 is 0 Å². The molecule has 0 spiro atoms. The van der Waals surface area contributed by atoms with Gasteiger partial charge in [-0.25, -0.2) is 14.4 Å². The summed E-state index contributed by atoms with van der Waals surface area (Å²) >= 11 is 5.74. The highest BCUT2D eigenvalue weighted by molar-refractivity contribution is 6.18. The second-order valence-corrected chi connectivity index (χ2v) is 7.72. The monoisotopic (exact) mass is 418 g/mol. The Morgan fingerprint density at radius 2 is 2.03 bits per heavy atom. The SMILES string of the molecule is CCc1nc(C)nc(N2CCCN(C(=O)CCCl)CC2)c1Cc1cccc(F)c1. The first-order valence-electron chi connectivity index (χ1n) is 10.2. The molecule has 1 amide bonds. The molecule has 2 aromatic rings. The highest BCUT2D eigenvalue weighted by Gasteiger charge is 2.23. The number of amides is 1. The quantitative estimate of drug-likeness (QED) is 0.670. The molecule has 0 radical (unpaired) electrons. The predicted octanol–water partition coefficient (Wildman–Crippen LogP) is 3.74. The fourth-order valence-electron chi connectivity index (χ4n) is 3.84. The van der Waals surface area contributed by atoms with E-state index in [1.165, 1.54) is 6.07 Å². The summed E-state index contributed by atoms with van der Waals surface area (Å²) < 4.78 is 13.7. The Morgan fingerprint density at radius 3 is 2.76 bits per heavy atom. The number of alkyl halides is 1. The third kappa shape index (κ3) is 5.44. The number of anilines is 1. The highest BCUT2D eigenvalue weighted by atomic mass is 35.5. The van der Waals surface area contributed by atoms with E-state index >= 15 is 0 Å². The Bertz CT molecular complexity index is 861. The molecule has 0 bridgehead atoms. The van der Waals surface area contributed by atoms with Crippen molar-refractivity contribution in [3.8, 4) is 0 Å². The maximum Gasteiger partial charge on any atom is 0.223 e. The minimum atomic E-state index is -0.238. The largest absolute Gasteiger partial charge is 0.354 e. The Hall–Kier alpha value is -2.21. The summed E-state index contributed by atoms with van der Waals surface area (Å²) in [6.07, 6.45) is 2.62. The van der Waals surface area contributed by atoms with E-state index in [1.54, 1.807) is 12.1 Å². The van der Waals surface area contributed by atoms with Crippen molar-refractivity contribution in [3.05, 3.63) is 52.7 Å². The number of halogens is 2. The number of carbonyl (C=O) groups is 1. The molecule has 1 aliphatic rings. The maximum absolute atomic E-state index is 13.7. The molecule has 1 fully saturated rings. The number of benzene rings is 1. The van der Waals surface area contributed by atoms with Crippen LogP contribution in [-0.4, -0.2) is 52.8 Å². The third-order valence-electron chi connectivity index (χ3n) is 5.24. The van der Waals surface area contributed by atoms with Gasteiger partial charge in [-0.15, -0.1) is 11.6 Å². The van der Waals surface area contributed by atoms with Crippen LogP contribution in [0.2, 0.25) is 0 Å². The number of carbonyl (C=O) groups excluding carboxylic acids is 1. The molecule has 2 heterocycles. The van der Waals surface area contributed by atoms with Crippen molar-refractivity contribution in [1.29, 1.82) is 0 Å². The summed E-state index contributed by atoms with van der Waals surface area (Å²) in [6, 6.07) is 6.69. The van der Waals surface area contributed by atoms with Crippen LogP contribution in [0, 0.1) is 12.7 Å². The van der Waals surface area contributed by atoms with Crippen LogP contribution in [0.1, 0.15) is 42.4 Å². The summed E-state index contributed by atoms with van der Waals surface area (Å²) in [4.78, 5) is 25.8. The van der Waals surface area contributed by atoms with Gasteiger partial charge < -0.3 is 9.80 Å². The van der Waals surface area contributed by atoms with Crippen LogP contribution in [0.3, 0.4) is 0 Å². The van der Waals surface area contributed by atoms with Crippen molar-refractivity contribution >= 4 is 23.3 Å². The Morgan fingerprint density at radius 1 is 1.21 bits per heavy atom.